The summed E-state index contributed by atoms with van der Waals surface area (Å²) < 4.78 is 5.05. The Balaban J connectivity index is 1.44. The number of nitrogens with one attached hydrogen (secondary N) is 2. The van der Waals surface area contributed by atoms with E-state index < -0.39 is 30.1 Å². The number of aliphatic hydroxyl groups excluding tert-OH is 1. The third-order valence-electron chi connectivity index (χ3n) is 5.05. The number of aliphatic hydroxyl groups is 1. The van der Waals surface area contributed by atoms with E-state index in [4.69, 9.17) is 10.5 Å². The van der Waals surface area contributed by atoms with Crippen LogP contribution in [0.5, 0.6) is 0 Å². The quantitative estimate of drug-likeness (QED) is 0.376. The van der Waals surface area contributed by atoms with Gasteiger partial charge in [-0.15, -0.1) is 0 Å². The van der Waals surface area contributed by atoms with Crippen LogP contribution in [0.3, 0.4) is 0 Å². The summed E-state index contributed by atoms with van der Waals surface area (Å²) in [5, 5.41) is 17.1. The van der Waals surface area contributed by atoms with Crippen molar-refractivity contribution in [3.8, 4) is 0 Å². The molecule has 0 fully saturated rings. The third-order valence-corrected chi connectivity index (χ3v) is 5.05. The van der Waals surface area contributed by atoms with Gasteiger partial charge in [0.1, 0.15) is 12.6 Å². The zero-order valence-corrected chi connectivity index (χ0v) is 18.1. The molecular formula is C25H27N3O5. The normalized spacial score (nSPS) is 12.5. The molecule has 0 radical (unpaired) electrons. The van der Waals surface area contributed by atoms with Crippen molar-refractivity contribution in [2.45, 2.75) is 31.6 Å². The summed E-state index contributed by atoms with van der Waals surface area (Å²) in [6, 6.07) is 21.8. The first-order valence-electron chi connectivity index (χ1n) is 10.6. The van der Waals surface area contributed by atoms with Gasteiger partial charge < -0.3 is 26.2 Å². The number of hydrogen-bond acceptors (Lipinski definition) is 5. The standard InChI is InChI=1S/C25H27N3O5/c26-24(31)22(13-18-10-11-19-8-4-5-9-20(19)12-18)28-23(30)14-21(29)15-27-25(32)33-16-17-6-2-1-3-7-17/h1-12,21-22,29H,13-16H2,(H2,26,31)(H,27,32)(H,28,30)/t21-,22-/m0/s1. The van der Waals surface area contributed by atoms with Crippen LogP contribution >= 0.6 is 0 Å². The Labute approximate surface area is 191 Å². The number of rotatable bonds is 10. The van der Waals surface area contributed by atoms with Gasteiger partial charge in [-0.3, -0.25) is 9.59 Å². The molecule has 0 aliphatic carbocycles. The molecule has 0 heterocycles. The molecule has 3 aromatic rings. The minimum absolute atomic E-state index is 0.0956. The van der Waals surface area contributed by atoms with Crippen LogP contribution in [0.25, 0.3) is 10.8 Å². The first kappa shape index (κ1) is 23.7. The van der Waals surface area contributed by atoms with Gasteiger partial charge in [0.25, 0.3) is 0 Å². The molecular weight excluding hydrogens is 422 g/mol. The van der Waals surface area contributed by atoms with E-state index in [1.165, 1.54) is 0 Å². The highest BCUT2D eigenvalue weighted by molar-refractivity contribution is 5.87. The van der Waals surface area contributed by atoms with Crippen molar-refractivity contribution in [3.05, 3.63) is 83.9 Å². The number of ether oxygens (including phenoxy) is 1. The van der Waals surface area contributed by atoms with E-state index in [1.807, 2.05) is 72.8 Å². The molecule has 0 aromatic heterocycles. The zero-order chi connectivity index (χ0) is 23.6. The molecule has 0 saturated carbocycles. The van der Waals surface area contributed by atoms with Crippen LogP contribution < -0.4 is 16.4 Å². The second-order valence-electron chi connectivity index (χ2n) is 7.71. The highest BCUT2D eigenvalue weighted by atomic mass is 16.5. The van der Waals surface area contributed by atoms with Gasteiger partial charge in [-0.25, -0.2) is 4.79 Å². The van der Waals surface area contributed by atoms with Crippen LogP contribution in [0.1, 0.15) is 17.5 Å². The van der Waals surface area contributed by atoms with Crippen molar-refractivity contribution in [1.29, 1.82) is 0 Å². The average molecular weight is 450 g/mol. The number of hydrogen-bond donors (Lipinski definition) is 4. The number of carbonyl (C=O) groups excluding carboxylic acids is 3. The van der Waals surface area contributed by atoms with Crippen LogP contribution in [-0.4, -0.2) is 41.7 Å². The summed E-state index contributed by atoms with van der Waals surface area (Å²) >= 11 is 0. The van der Waals surface area contributed by atoms with E-state index >= 15 is 0 Å². The maximum Gasteiger partial charge on any atom is 0.407 e. The van der Waals surface area contributed by atoms with Crippen LogP contribution in [0.4, 0.5) is 4.79 Å². The second kappa shape index (κ2) is 11.6. The van der Waals surface area contributed by atoms with Crippen LogP contribution in [0, 0.1) is 0 Å². The summed E-state index contributed by atoms with van der Waals surface area (Å²) in [5.74, 6) is -1.22. The highest BCUT2D eigenvalue weighted by Crippen LogP contribution is 2.16. The lowest BCUT2D eigenvalue weighted by molar-refractivity contribution is -0.128. The summed E-state index contributed by atoms with van der Waals surface area (Å²) in [7, 11) is 0. The molecule has 0 aliphatic heterocycles. The number of benzene rings is 3. The lowest BCUT2D eigenvalue weighted by atomic mass is 10.0. The number of nitrogens with two attached hydrogens (primary N) is 1. The second-order valence-corrected chi connectivity index (χ2v) is 7.71. The van der Waals surface area contributed by atoms with Crippen molar-refractivity contribution < 1.29 is 24.2 Å². The van der Waals surface area contributed by atoms with Gasteiger partial charge in [0.05, 0.1) is 12.5 Å². The number of carbonyl (C=O) groups is 3. The summed E-state index contributed by atoms with van der Waals surface area (Å²) in [4.78, 5) is 35.9. The fourth-order valence-electron chi connectivity index (χ4n) is 3.34. The highest BCUT2D eigenvalue weighted by Gasteiger charge is 2.21. The predicted octanol–water partition coefficient (Wildman–Crippen LogP) is 2.03. The fraction of sp³-hybridized carbons (Fsp3) is 0.240. The Morgan fingerprint density at radius 2 is 1.61 bits per heavy atom. The van der Waals surface area contributed by atoms with E-state index in [9.17, 15) is 19.5 Å². The Bertz CT molecular complexity index is 1100. The largest absolute Gasteiger partial charge is 0.445 e. The number of fused-ring (bicyclic) bond motifs is 1. The van der Waals surface area contributed by atoms with Crippen LogP contribution in [0.2, 0.25) is 0 Å². The van der Waals surface area contributed by atoms with Crippen LogP contribution in [0.15, 0.2) is 72.8 Å². The smallest absolute Gasteiger partial charge is 0.407 e. The fourth-order valence-corrected chi connectivity index (χ4v) is 3.34. The van der Waals surface area contributed by atoms with Gasteiger partial charge in [-0.05, 0) is 21.9 Å². The van der Waals surface area contributed by atoms with E-state index in [0.29, 0.717) is 0 Å². The molecule has 2 atom stereocenters. The lowest BCUT2D eigenvalue weighted by Crippen LogP contribution is -2.47. The van der Waals surface area contributed by atoms with Crippen molar-refractivity contribution in [3.63, 3.8) is 0 Å². The third kappa shape index (κ3) is 7.62. The molecule has 0 spiro atoms. The van der Waals surface area contributed by atoms with Gasteiger partial charge in [-0.2, -0.15) is 0 Å². The molecule has 3 amide bonds. The maximum atomic E-state index is 12.3. The Morgan fingerprint density at radius 1 is 0.909 bits per heavy atom. The van der Waals surface area contributed by atoms with Crippen molar-refractivity contribution in [2.75, 3.05) is 6.54 Å². The van der Waals surface area contributed by atoms with Crippen LogP contribution in [-0.2, 0) is 27.4 Å². The zero-order valence-electron chi connectivity index (χ0n) is 18.1. The van der Waals surface area contributed by atoms with E-state index in [1.54, 1.807) is 0 Å². The Kier molecular flexibility index (Phi) is 8.37. The molecule has 8 heteroatoms. The SMILES string of the molecule is NC(=O)[C@H](Cc1ccc2ccccc2c1)NC(=O)C[C@H](O)CNC(=O)OCc1ccccc1. The molecule has 172 valence electrons. The van der Waals surface area contributed by atoms with Crippen molar-refractivity contribution in [1.82, 2.24) is 10.6 Å². The van der Waals surface area contributed by atoms with Gasteiger partial charge in [0.15, 0.2) is 0 Å². The van der Waals surface area contributed by atoms with E-state index in [2.05, 4.69) is 10.6 Å². The molecule has 0 saturated heterocycles. The molecule has 0 aliphatic rings. The molecule has 0 unspecified atom stereocenters. The molecule has 3 aromatic carbocycles. The van der Waals surface area contributed by atoms with Crippen molar-refractivity contribution in [2.24, 2.45) is 5.73 Å². The van der Waals surface area contributed by atoms with E-state index in [0.717, 1.165) is 21.9 Å². The molecule has 5 N–H and O–H groups in total. The van der Waals surface area contributed by atoms with E-state index in [-0.39, 0.29) is 26.0 Å². The first-order chi connectivity index (χ1) is 15.9. The minimum atomic E-state index is -1.15. The predicted molar refractivity (Wildman–Crippen MR) is 124 cm³/mol. The summed E-state index contributed by atoms with van der Waals surface area (Å²) in [6.45, 7) is -0.0781. The minimum Gasteiger partial charge on any atom is -0.445 e. The monoisotopic (exact) mass is 449 g/mol. The van der Waals surface area contributed by atoms with Gasteiger partial charge >= 0.3 is 6.09 Å². The Hall–Kier alpha value is -3.91. The van der Waals surface area contributed by atoms with Gasteiger partial charge in [-0.1, -0.05) is 72.8 Å². The van der Waals surface area contributed by atoms with Gasteiger partial charge in [0.2, 0.25) is 11.8 Å². The first-order valence-corrected chi connectivity index (χ1v) is 10.6. The summed E-state index contributed by atoms with van der Waals surface area (Å²) in [5.41, 5.74) is 7.14. The lowest BCUT2D eigenvalue weighted by Gasteiger charge is -2.18. The number of amides is 3. The van der Waals surface area contributed by atoms with Crippen molar-refractivity contribution >= 4 is 28.7 Å². The Morgan fingerprint density at radius 3 is 2.33 bits per heavy atom. The molecule has 3 rings (SSSR count). The molecule has 33 heavy (non-hydrogen) atoms. The number of alkyl carbamates (subject to hydrolysis) is 1. The molecule has 0 bridgehead atoms. The topological polar surface area (TPSA) is 131 Å². The van der Waals surface area contributed by atoms with Gasteiger partial charge in [0, 0.05) is 13.0 Å². The summed E-state index contributed by atoms with van der Waals surface area (Å²) in [6.07, 6.45) is -1.93. The average Bonchev–Trinajstić information content (AvgIpc) is 2.81. The number of primary amides is 1. The maximum absolute atomic E-state index is 12.3. The molecule has 8 nitrogen and oxygen atoms in total.